The van der Waals surface area contributed by atoms with Crippen LogP contribution in [0.1, 0.15) is 26.2 Å². The molecule has 96 valence electrons. The van der Waals surface area contributed by atoms with Gasteiger partial charge in [-0.1, -0.05) is 13.3 Å². The summed E-state index contributed by atoms with van der Waals surface area (Å²) in [5, 5.41) is 3.35. The summed E-state index contributed by atoms with van der Waals surface area (Å²) in [6, 6.07) is 0.524. The highest BCUT2D eigenvalue weighted by Gasteiger charge is 2.22. The van der Waals surface area contributed by atoms with Gasteiger partial charge in [-0.25, -0.2) is 8.42 Å². The van der Waals surface area contributed by atoms with Crippen LogP contribution in [0.25, 0.3) is 0 Å². The van der Waals surface area contributed by atoms with E-state index < -0.39 is 9.84 Å². The molecule has 1 aliphatic rings. The van der Waals surface area contributed by atoms with E-state index in [4.69, 9.17) is 0 Å². The van der Waals surface area contributed by atoms with Crippen molar-refractivity contribution in [2.24, 2.45) is 0 Å². The van der Waals surface area contributed by atoms with Gasteiger partial charge in [-0.3, -0.25) is 4.90 Å². The molecular formula is C11H24N2O2S. The topological polar surface area (TPSA) is 49.4 Å². The van der Waals surface area contributed by atoms with Crippen molar-refractivity contribution in [3.05, 3.63) is 0 Å². The molecule has 1 saturated heterocycles. The Balaban J connectivity index is 2.40. The first kappa shape index (κ1) is 13.9. The number of likely N-dealkylation sites (N-methyl/N-ethyl adjacent to an activating group) is 1. The summed E-state index contributed by atoms with van der Waals surface area (Å²) in [5.74, 6) is 0.287. The van der Waals surface area contributed by atoms with Crippen molar-refractivity contribution in [2.75, 3.05) is 38.2 Å². The Hall–Kier alpha value is -0.130. The molecule has 0 radical (unpaired) electrons. The fraction of sp³-hybridized carbons (Fsp3) is 1.00. The highest BCUT2D eigenvalue weighted by atomic mass is 32.2. The second-order valence-electron chi connectivity index (χ2n) is 4.62. The molecule has 1 atom stereocenters. The van der Waals surface area contributed by atoms with E-state index >= 15 is 0 Å². The number of sulfone groups is 1. The zero-order valence-electron chi connectivity index (χ0n) is 10.4. The first-order valence-electron chi connectivity index (χ1n) is 6.15. The summed E-state index contributed by atoms with van der Waals surface area (Å²) >= 11 is 0. The maximum Gasteiger partial charge on any atom is 0.148 e. The van der Waals surface area contributed by atoms with Gasteiger partial charge in [0.2, 0.25) is 0 Å². The molecule has 0 amide bonds. The van der Waals surface area contributed by atoms with E-state index in [1.54, 1.807) is 0 Å². The molecule has 16 heavy (non-hydrogen) atoms. The molecule has 1 rings (SSSR count). The standard InChI is InChI=1S/C11H24N2O2S/c1-3-12-10-11-6-4-5-7-13(11)8-9-16(2,14)15/h11-12H,3-10H2,1-2H3. The fourth-order valence-electron chi connectivity index (χ4n) is 2.18. The number of piperidine rings is 1. The summed E-state index contributed by atoms with van der Waals surface area (Å²) in [4.78, 5) is 2.33. The number of nitrogens with one attached hydrogen (secondary N) is 1. The van der Waals surface area contributed by atoms with Crippen molar-refractivity contribution in [3.63, 3.8) is 0 Å². The van der Waals surface area contributed by atoms with E-state index in [-0.39, 0.29) is 5.75 Å². The second kappa shape index (κ2) is 6.57. The summed E-state index contributed by atoms with van der Waals surface area (Å²) < 4.78 is 22.3. The fourth-order valence-corrected chi connectivity index (χ4v) is 2.75. The van der Waals surface area contributed by atoms with Gasteiger partial charge in [0.15, 0.2) is 0 Å². The average Bonchev–Trinajstić information content (AvgIpc) is 2.23. The molecule has 1 fully saturated rings. The third kappa shape index (κ3) is 5.27. The summed E-state index contributed by atoms with van der Waals surface area (Å²) in [7, 11) is -2.83. The maximum absolute atomic E-state index is 11.2. The van der Waals surface area contributed by atoms with Crippen molar-refractivity contribution in [2.45, 2.75) is 32.2 Å². The SMILES string of the molecule is CCNCC1CCCCN1CCS(C)(=O)=O. The summed E-state index contributed by atoms with van der Waals surface area (Å²) in [6.45, 7) is 5.81. The summed E-state index contributed by atoms with van der Waals surface area (Å²) in [6.07, 6.45) is 4.98. The lowest BCUT2D eigenvalue weighted by Crippen LogP contribution is -2.47. The monoisotopic (exact) mass is 248 g/mol. The van der Waals surface area contributed by atoms with Crippen LogP contribution in [0.3, 0.4) is 0 Å². The molecule has 0 spiro atoms. The minimum absolute atomic E-state index is 0.287. The molecule has 1 unspecified atom stereocenters. The Labute approximate surface area is 99.3 Å². The first-order valence-corrected chi connectivity index (χ1v) is 8.21. The predicted molar refractivity (Wildman–Crippen MR) is 67.5 cm³/mol. The molecule has 5 heteroatoms. The van der Waals surface area contributed by atoms with Gasteiger partial charge in [0.05, 0.1) is 5.75 Å². The molecule has 0 aromatic rings. The Bertz CT molecular complexity index is 290. The van der Waals surface area contributed by atoms with E-state index in [1.165, 1.54) is 25.5 Å². The number of hydrogen-bond acceptors (Lipinski definition) is 4. The number of hydrogen-bond donors (Lipinski definition) is 1. The van der Waals surface area contributed by atoms with Gasteiger partial charge in [-0.2, -0.15) is 0 Å². The zero-order valence-corrected chi connectivity index (χ0v) is 11.2. The molecule has 0 saturated carbocycles. The van der Waals surface area contributed by atoms with Crippen LogP contribution in [-0.2, 0) is 9.84 Å². The predicted octanol–water partition coefficient (Wildman–Crippen LogP) is 0.495. The van der Waals surface area contributed by atoms with Crippen molar-refractivity contribution >= 4 is 9.84 Å². The number of rotatable bonds is 6. The van der Waals surface area contributed by atoms with Crippen LogP contribution in [-0.4, -0.2) is 57.5 Å². The van der Waals surface area contributed by atoms with Crippen LogP contribution in [0.5, 0.6) is 0 Å². The minimum atomic E-state index is -2.83. The van der Waals surface area contributed by atoms with Crippen LogP contribution in [0, 0.1) is 0 Å². The van der Waals surface area contributed by atoms with Crippen molar-refractivity contribution in [1.82, 2.24) is 10.2 Å². The van der Waals surface area contributed by atoms with E-state index in [1.807, 2.05) is 0 Å². The first-order chi connectivity index (χ1) is 7.53. The lowest BCUT2D eigenvalue weighted by molar-refractivity contribution is 0.155. The molecule has 0 aromatic heterocycles. The molecule has 1 aliphatic heterocycles. The van der Waals surface area contributed by atoms with Crippen molar-refractivity contribution in [3.8, 4) is 0 Å². The van der Waals surface area contributed by atoms with Crippen LogP contribution >= 0.6 is 0 Å². The number of nitrogens with zero attached hydrogens (tertiary/aromatic N) is 1. The third-order valence-electron chi connectivity index (χ3n) is 3.13. The maximum atomic E-state index is 11.2. The van der Waals surface area contributed by atoms with Crippen LogP contribution in [0.15, 0.2) is 0 Å². The largest absolute Gasteiger partial charge is 0.315 e. The normalized spacial score (nSPS) is 23.5. The van der Waals surface area contributed by atoms with Gasteiger partial charge in [0.1, 0.15) is 9.84 Å². The van der Waals surface area contributed by atoms with Gasteiger partial charge in [0, 0.05) is 25.4 Å². The molecule has 4 nitrogen and oxygen atoms in total. The average molecular weight is 248 g/mol. The lowest BCUT2D eigenvalue weighted by Gasteiger charge is -2.35. The van der Waals surface area contributed by atoms with Gasteiger partial charge >= 0.3 is 0 Å². The van der Waals surface area contributed by atoms with Crippen molar-refractivity contribution in [1.29, 1.82) is 0 Å². The van der Waals surface area contributed by atoms with E-state index in [9.17, 15) is 8.42 Å². The summed E-state index contributed by atoms with van der Waals surface area (Å²) in [5.41, 5.74) is 0. The van der Waals surface area contributed by atoms with Crippen molar-refractivity contribution < 1.29 is 8.42 Å². The lowest BCUT2D eigenvalue weighted by atomic mass is 10.0. The molecule has 0 aliphatic carbocycles. The second-order valence-corrected chi connectivity index (χ2v) is 6.88. The van der Waals surface area contributed by atoms with E-state index in [2.05, 4.69) is 17.1 Å². The highest BCUT2D eigenvalue weighted by Crippen LogP contribution is 2.16. The molecule has 0 aromatic carbocycles. The van der Waals surface area contributed by atoms with Gasteiger partial charge in [-0.15, -0.1) is 0 Å². The Morgan fingerprint density at radius 1 is 1.38 bits per heavy atom. The Kier molecular flexibility index (Phi) is 5.72. The van der Waals surface area contributed by atoms with Crippen LogP contribution in [0.2, 0.25) is 0 Å². The smallest absolute Gasteiger partial charge is 0.148 e. The van der Waals surface area contributed by atoms with Crippen LogP contribution < -0.4 is 5.32 Å². The van der Waals surface area contributed by atoms with Gasteiger partial charge in [-0.05, 0) is 25.9 Å². The molecule has 0 bridgehead atoms. The number of likely N-dealkylation sites (tertiary alicyclic amines) is 1. The van der Waals surface area contributed by atoms with E-state index in [0.29, 0.717) is 12.6 Å². The Morgan fingerprint density at radius 3 is 2.75 bits per heavy atom. The van der Waals surface area contributed by atoms with Gasteiger partial charge < -0.3 is 5.32 Å². The molecular weight excluding hydrogens is 224 g/mol. The quantitative estimate of drug-likeness (QED) is 0.743. The Morgan fingerprint density at radius 2 is 2.12 bits per heavy atom. The molecule has 1 heterocycles. The molecule has 1 N–H and O–H groups in total. The zero-order chi connectivity index (χ0) is 12.0. The minimum Gasteiger partial charge on any atom is -0.315 e. The van der Waals surface area contributed by atoms with Crippen LogP contribution in [0.4, 0.5) is 0 Å². The third-order valence-corrected chi connectivity index (χ3v) is 4.05. The highest BCUT2D eigenvalue weighted by molar-refractivity contribution is 7.90. The van der Waals surface area contributed by atoms with E-state index in [0.717, 1.165) is 19.6 Å². The van der Waals surface area contributed by atoms with Gasteiger partial charge in [0.25, 0.3) is 0 Å².